The minimum Gasteiger partial charge on any atom is -0.456 e. The first-order chi connectivity index (χ1) is 20.9. The van der Waals surface area contributed by atoms with Crippen LogP contribution in [-0.2, 0) is 0 Å². The number of anilines is 3. The molecule has 5 heteroatoms. The highest BCUT2D eigenvalue weighted by molar-refractivity contribution is 6.99. The van der Waals surface area contributed by atoms with Crippen LogP contribution in [-0.4, -0.2) is 16.3 Å². The molecule has 0 spiro atoms. The van der Waals surface area contributed by atoms with Crippen molar-refractivity contribution in [2.24, 2.45) is 0 Å². The zero-order chi connectivity index (χ0) is 27.6. The smallest absolute Gasteiger partial charge is 0.256 e. The van der Waals surface area contributed by atoms with Crippen LogP contribution in [0.25, 0.3) is 28.1 Å². The summed E-state index contributed by atoms with van der Waals surface area (Å²) in [6, 6.07) is 51.0. The summed E-state index contributed by atoms with van der Waals surface area (Å²) in [6.07, 6.45) is 0. The van der Waals surface area contributed by atoms with Crippen LogP contribution < -0.4 is 26.0 Å². The summed E-state index contributed by atoms with van der Waals surface area (Å²) >= 11 is 0. The van der Waals surface area contributed by atoms with Gasteiger partial charge in [-0.3, -0.25) is 4.57 Å². The molecule has 196 valence electrons. The van der Waals surface area contributed by atoms with Gasteiger partial charge in [0.1, 0.15) is 17.3 Å². The molecule has 7 aromatic rings. The Labute approximate surface area is 244 Å². The SMILES string of the molecule is c1ccc(-c2nc3ccccc3n2-c2ccc3c4c2Oc2ccccc2B4c2ccccc2N3c2ccccc2)cc1. The molecule has 0 bridgehead atoms. The van der Waals surface area contributed by atoms with Gasteiger partial charge in [0.15, 0.2) is 0 Å². The van der Waals surface area contributed by atoms with Crippen molar-refractivity contribution in [2.75, 3.05) is 4.90 Å². The Morgan fingerprint density at radius 1 is 0.548 bits per heavy atom. The van der Waals surface area contributed by atoms with Gasteiger partial charge in [0.25, 0.3) is 6.71 Å². The third kappa shape index (κ3) is 3.28. The quantitative estimate of drug-likeness (QED) is 0.225. The molecule has 1 aromatic heterocycles. The summed E-state index contributed by atoms with van der Waals surface area (Å²) < 4.78 is 9.21. The monoisotopic (exact) mass is 537 g/mol. The minimum atomic E-state index is 0.0334. The molecule has 0 amide bonds. The van der Waals surface area contributed by atoms with Crippen molar-refractivity contribution >= 4 is 51.2 Å². The zero-order valence-corrected chi connectivity index (χ0v) is 22.7. The molecule has 0 saturated heterocycles. The van der Waals surface area contributed by atoms with Crippen LogP contribution in [0.2, 0.25) is 0 Å². The summed E-state index contributed by atoms with van der Waals surface area (Å²) in [5, 5.41) is 0. The summed E-state index contributed by atoms with van der Waals surface area (Å²) in [6.45, 7) is 0.0334. The van der Waals surface area contributed by atoms with Crippen molar-refractivity contribution in [3.05, 3.63) is 146 Å². The lowest BCUT2D eigenvalue weighted by Crippen LogP contribution is -2.59. The second-order valence-corrected chi connectivity index (χ2v) is 10.8. The highest BCUT2D eigenvalue weighted by Crippen LogP contribution is 2.43. The first kappa shape index (κ1) is 23.2. The van der Waals surface area contributed by atoms with Crippen LogP contribution in [0.5, 0.6) is 11.5 Å². The van der Waals surface area contributed by atoms with E-state index < -0.39 is 0 Å². The fourth-order valence-electron chi connectivity index (χ4n) is 6.71. The number of nitrogens with zero attached hydrogens (tertiary/aromatic N) is 3. The van der Waals surface area contributed by atoms with Gasteiger partial charge >= 0.3 is 0 Å². The summed E-state index contributed by atoms with van der Waals surface area (Å²) in [4.78, 5) is 7.49. The van der Waals surface area contributed by atoms with E-state index in [-0.39, 0.29) is 6.71 Å². The largest absolute Gasteiger partial charge is 0.456 e. The van der Waals surface area contributed by atoms with Gasteiger partial charge in [0, 0.05) is 22.6 Å². The highest BCUT2D eigenvalue weighted by Gasteiger charge is 2.42. The van der Waals surface area contributed by atoms with Crippen LogP contribution in [0.15, 0.2) is 146 Å². The van der Waals surface area contributed by atoms with Crippen LogP contribution in [0, 0.1) is 0 Å². The molecule has 0 aliphatic carbocycles. The molecular formula is C37H24BN3O. The van der Waals surface area contributed by atoms with Gasteiger partial charge in [-0.1, -0.05) is 97.1 Å². The maximum Gasteiger partial charge on any atom is 0.256 e. The van der Waals surface area contributed by atoms with Crippen LogP contribution in [0.4, 0.5) is 17.1 Å². The van der Waals surface area contributed by atoms with Crippen molar-refractivity contribution in [1.82, 2.24) is 9.55 Å². The second kappa shape index (κ2) is 8.98. The fraction of sp³-hybridized carbons (Fsp3) is 0. The molecule has 0 atom stereocenters. The Balaban J connectivity index is 1.39. The average molecular weight is 537 g/mol. The van der Waals surface area contributed by atoms with Gasteiger partial charge in [-0.25, -0.2) is 4.98 Å². The first-order valence-electron chi connectivity index (χ1n) is 14.3. The Bertz CT molecular complexity index is 2140. The molecular weight excluding hydrogens is 513 g/mol. The lowest BCUT2D eigenvalue weighted by atomic mass is 9.34. The minimum absolute atomic E-state index is 0.0334. The van der Waals surface area contributed by atoms with Crippen LogP contribution >= 0.6 is 0 Å². The van der Waals surface area contributed by atoms with E-state index in [1.165, 1.54) is 22.1 Å². The van der Waals surface area contributed by atoms with Crippen molar-refractivity contribution in [2.45, 2.75) is 0 Å². The van der Waals surface area contributed by atoms with Crippen LogP contribution in [0.3, 0.4) is 0 Å². The van der Waals surface area contributed by atoms with Crippen LogP contribution in [0.1, 0.15) is 0 Å². The lowest BCUT2D eigenvalue weighted by Gasteiger charge is -2.40. The van der Waals surface area contributed by atoms with Gasteiger partial charge in [-0.2, -0.15) is 0 Å². The lowest BCUT2D eigenvalue weighted by molar-refractivity contribution is 0.485. The van der Waals surface area contributed by atoms with Crippen molar-refractivity contribution in [3.63, 3.8) is 0 Å². The van der Waals surface area contributed by atoms with E-state index in [1.807, 2.05) is 12.1 Å². The average Bonchev–Trinajstić information content (AvgIpc) is 3.45. The van der Waals surface area contributed by atoms with Gasteiger partial charge in [0.05, 0.1) is 16.7 Å². The van der Waals surface area contributed by atoms with Gasteiger partial charge in [-0.05, 0) is 64.9 Å². The van der Waals surface area contributed by atoms with E-state index in [2.05, 4.69) is 143 Å². The Morgan fingerprint density at radius 2 is 1.21 bits per heavy atom. The first-order valence-corrected chi connectivity index (χ1v) is 14.3. The molecule has 42 heavy (non-hydrogen) atoms. The number of benzene rings is 6. The number of fused-ring (bicyclic) bond motifs is 5. The predicted molar refractivity (Wildman–Crippen MR) is 172 cm³/mol. The van der Waals surface area contributed by atoms with E-state index in [4.69, 9.17) is 9.72 Å². The zero-order valence-electron chi connectivity index (χ0n) is 22.7. The summed E-state index contributed by atoms with van der Waals surface area (Å²) in [7, 11) is 0. The Morgan fingerprint density at radius 3 is 2.07 bits per heavy atom. The molecule has 4 nitrogen and oxygen atoms in total. The normalized spacial score (nSPS) is 12.9. The molecule has 2 aliphatic heterocycles. The maximum absolute atomic E-state index is 6.94. The topological polar surface area (TPSA) is 30.3 Å². The summed E-state index contributed by atoms with van der Waals surface area (Å²) in [5.74, 6) is 2.65. The molecule has 9 rings (SSSR count). The third-order valence-corrected chi connectivity index (χ3v) is 8.46. The number of hydrogen-bond donors (Lipinski definition) is 0. The Hall–Kier alpha value is -5.55. The van der Waals surface area contributed by atoms with Gasteiger partial charge in [0.2, 0.25) is 0 Å². The summed E-state index contributed by atoms with van der Waals surface area (Å²) in [5.41, 5.74) is 11.1. The second-order valence-electron chi connectivity index (χ2n) is 10.8. The van der Waals surface area contributed by atoms with Crippen molar-refractivity contribution in [3.8, 4) is 28.6 Å². The van der Waals surface area contributed by atoms with E-state index in [0.717, 1.165) is 51.0 Å². The number of ether oxygens (including phenoxy) is 1. The maximum atomic E-state index is 6.94. The molecule has 0 saturated carbocycles. The van der Waals surface area contributed by atoms with E-state index >= 15 is 0 Å². The van der Waals surface area contributed by atoms with Gasteiger partial charge in [-0.15, -0.1) is 0 Å². The molecule has 3 heterocycles. The molecule has 0 unspecified atom stereocenters. The van der Waals surface area contributed by atoms with Crippen molar-refractivity contribution < 1.29 is 4.74 Å². The number of hydrogen-bond acceptors (Lipinski definition) is 3. The number of rotatable bonds is 3. The van der Waals surface area contributed by atoms with E-state index in [0.29, 0.717) is 0 Å². The molecule has 0 N–H and O–H groups in total. The number of aromatic nitrogens is 2. The predicted octanol–water partition coefficient (Wildman–Crippen LogP) is 7.10. The molecule has 0 radical (unpaired) electrons. The number of para-hydroxylation sites is 5. The number of imidazole rings is 1. The molecule has 6 aromatic carbocycles. The van der Waals surface area contributed by atoms with Gasteiger partial charge < -0.3 is 9.64 Å². The molecule has 2 aliphatic rings. The Kier molecular flexibility index (Phi) is 4.96. The van der Waals surface area contributed by atoms with E-state index in [9.17, 15) is 0 Å². The fourth-order valence-corrected chi connectivity index (χ4v) is 6.71. The third-order valence-electron chi connectivity index (χ3n) is 8.46. The molecule has 0 fully saturated rings. The van der Waals surface area contributed by atoms with E-state index in [1.54, 1.807) is 0 Å². The standard InChI is InChI=1S/C37H24BN3O/c1-3-13-25(14-4-1)37-39-29-19-9-11-21-31(29)41(37)33-24-23-32-35-36(33)42-34-22-12-8-18-28(34)38(35)27-17-7-10-20-30(27)40(32)26-15-5-2-6-16-26/h1-24H. The van der Waals surface area contributed by atoms with Crippen molar-refractivity contribution in [1.29, 1.82) is 0 Å². The highest BCUT2D eigenvalue weighted by atomic mass is 16.5.